The third-order valence-corrected chi connectivity index (χ3v) is 6.36. The van der Waals surface area contributed by atoms with Crippen LogP contribution in [0.4, 0.5) is 0 Å². The fourth-order valence-electron chi connectivity index (χ4n) is 3.28. The number of ether oxygens (including phenoxy) is 2. The van der Waals surface area contributed by atoms with Crippen LogP contribution in [0.5, 0.6) is 11.5 Å². The highest BCUT2D eigenvalue weighted by atomic mass is 32.2. The van der Waals surface area contributed by atoms with Crippen molar-refractivity contribution in [1.82, 2.24) is 4.98 Å². The van der Waals surface area contributed by atoms with Gasteiger partial charge in [0, 0.05) is 17.5 Å². The van der Waals surface area contributed by atoms with Gasteiger partial charge in [-0.25, -0.2) is 13.4 Å². The molecule has 3 aromatic rings. The van der Waals surface area contributed by atoms with Gasteiger partial charge in [-0.1, -0.05) is 18.2 Å². The quantitative estimate of drug-likeness (QED) is 0.497. The van der Waals surface area contributed by atoms with E-state index in [1.165, 1.54) is 14.2 Å². The Morgan fingerprint density at radius 3 is 2.48 bits per heavy atom. The van der Waals surface area contributed by atoms with Crippen molar-refractivity contribution in [3.05, 3.63) is 65.0 Å². The molecule has 0 N–H and O–H groups in total. The van der Waals surface area contributed by atoms with Crippen LogP contribution in [0.2, 0.25) is 0 Å². The summed E-state index contributed by atoms with van der Waals surface area (Å²) >= 11 is 0. The number of rotatable bonds is 9. The van der Waals surface area contributed by atoms with Crippen LogP contribution >= 0.6 is 0 Å². The number of carbonyl (C=O) groups excluding carboxylic acids is 1. The lowest BCUT2D eigenvalue weighted by atomic mass is 10.1. The molecule has 0 saturated heterocycles. The zero-order valence-electron chi connectivity index (χ0n) is 18.0. The van der Waals surface area contributed by atoms with Crippen molar-refractivity contribution in [2.45, 2.75) is 26.0 Å². The van der Waals surface area contributed by atoms with E-state index in [0.29, 0.717) is 34.4 Å². The van der Waals surface area contributed by atoms with E-state index in [2.05, 4.69) is 4.98 Å². The first-order chi connectivity index (χ1) is 14.7. The summed E-state index contributed by atoms with van der Waals surface area (Å²) in [4.78, 5) is 16.9. The molecule has 0 saturated carbocycles. The second-order valence-electron chi connectivity index (χ2n) is 7.26. The lowest BCUT2D eigenvalue weighted by Crippen LogP contribution is -2.20. The number of aryl methyl sites for hydroxylation is 2. The molecular formula is C23H25NO6S. The molecule has 1 heterocycles. The fraction of sp³-hybridized carbons (Fsp3) is 0.304. The van der Waals surface area contributed by atoms with Crippen molar-refractivity contribution in [2.24, 2.45) is 0 Å². The van der Waals surface area contributed by atoms with Crippen molar-refractivity contribution in [2.75, 3.05) is 20.0 Å². The molecule has 7 nitrogen and oxygen atoms in total. The molecule has 0 spiro atoms. The molecule has 0 amide bonds. The van der Waals surface area contributed by atoms with E-state index in [1.54, 1.807) is 25.1 Å². The average Bonchev–Trinajstić information content (AvgIpc) is 3.06. The van der Waals surface area contributed by atoms with Gasteiger partial charge in [-0.05, 0) is 43.7 Å². The molecule has 1 aromatic heterocycles. The van der Waals surface area contributed by atoms with Crippen LogP contribution in [-0.2, 0) is 26.8 Å². The van der Waals surface area contributed by atoms with Gasteiger partial charge < -0.3 is 13.9 Å². The molecule has 0 aliphatic carbocycles. The van der Waals surface area contributed by atoms with E-state index in [4.69, 9.17) is 13.9 Å². The SMILES string of the molecule is COc1ccc(OC)c(CC(=O)CS(=O)(=O)Cc2nc(-c3ccccc3C)oc2C)c1. The van der Waals surface area contributed by atoms with E-state index in [0.717, 1.165) is 11.1 Å². The first-order valence-corrected chi connectivity index (χ1v) is 11.5. The Kier molecular flexibility index (Phi) is 6.80. The summed E-state index contributed by atoms with van der Waals surface area (Å²) in [6, 6.07) is 12.6. The van der Waals surface area contributed by atoms with Crippen molar-refractivity contribution in [3.63, 3.8) is 0 Å². The molecule has 3 rings (SSSR count). The predicted octanol–water partition coefficient (Wildman–Crippen LogP) is 3.70. The molecule has 8 heteroatoms. The normalized spacial score (nSPS) is 11.4. The third kappa shape index (κ3) is 5.52. The van der Waals surface area contributed by atoms with Crippen LogP contribution < -0.4 is 9.47 Å². The number of sulfone groups is 1. The molecule has 0 fully saturated rings. The monoisotopic (exact) mass is 443 g/mol. The number of aromatic nitrogens is 1. The first kappa shape index (κ1) is 22.6. The van der Waals surface area contributed by atoms with E-state index in [1.807, 2.05) is 31.2 Å². The van der Waals surface area contributed by atoms with Crippen LogP contribution in [0.25, 0.3) is 11.5 Å². The highest BCUT2D eigenvalue weighted by Crippen LogP contribution is 2.27. The van der Waals surface area contributed by atoms with Crippen molar-refractivity contribution in [1.29, 1.82) is 0 Å². The van der Waals surface area contributed by atoms with Gasteiger partial charge in [-0.3, -0.25) is 4.79 Å². The number of Topliss-reactive ketones (excluding diaryl/α,β-unsaturated/α-hetero) is 1. The maximum atomic E-state index is 12.7. The second kappa shape index (κ2) is 9.34. The largest absolute Gasteiger partial charge is 0.497 e. The molecule has 0 aliphatic heterocycles. The summed E-state index contributed by atoms with van der Waals surface area (Å²) in [5, 5.41) is 0. The number of hydrogen-bond acceptors (Lipinski definition) is 7. The van der Waals surface area contributed by atoms with Gasteiger partial charge in [0.2, 0.25) is 5.89 Å². The molecule has 2 aromatic carbocycles. The Balaban J connectivity index is 1.74. The van der Waals surface area contributed by atoms with Crippen LogP contribution in [0.15, 0.2) is 46.9 Å². The topological polar surface area (TPSA) is 95.7 Å². The number of carbonyl (C=O) groups is 1. The van der Waals surface area contributed by atoms with Gasteiger partial charge in [0.15, 0.2) is 15.6 Å². The highest BCUT2D eigenvalue weighted by Gasteiger charge is 2.23. The minimum atomic E-state index is -3.73. The zero-order chi connectivity index (χ0) is 22.6. The number of benzene rings is 2. The van der Waals surface area contributed by atoms with Gasteiger partial charge in [0.25, 0.3) is 0 Å². The summed E-state index contributed by atoms with van der Waals surface area (Å²) in [5.74, 6) is 0.452. The summed E-state index contributed by atoms with van der Waals surface area (Å²) in [6.45, 7) is 3.60. The van der Waals surface area contributed by atoms with E-state index in [9.17, 15) is 13.2 Å². The van der Waals surface area contributed by atoms with Crippen LogP contribution in [0.1, 0.15) is 22.6 Å². The van der Waals surface area contributed by atoms with Gasteiger partial charge in [0.1, 0.15) is 23.0 Å². The van der Waals surface area contributed by atoms with Crippen molar-refractivity contribution < 1.29 is 27.1 Å². The standard InChI is InChI=1S/C23H25NO6S/c1-15-7-5-6-8-20(15)23-24-21(16(2)30-23)14-31(26,27)13-18(25)11-17-12-19(28-3)9-10-22(17)29-4/h5-10,12H,11,13-14H2,1-4H3. The molecule has 0 bridgehead atoms. The smallest absolute Gasteiger partial charge is 0.226 e. The minimum absolute atomic E-state index is 0.0775. The molecule has 31 heavy (non-hydrogen) atoms. The second-order valence-corrected chi connectivity index (χ2v) is 9.33. The van der Waals surface area contributed by atoms with E-state index in [-0.39, 0.29) is 12.2 Å². The zero-order valence-corrected chi connectivity index (χ0v) is 18.8. The summed E-state index contributed by atoms with van der Waals surface area (Å²) in [6.07, 6.45) is -0.0775. The van der Waals surface area contributed by atoms with Crippen LogP contribution in [0.3, 0.4) is 0 Å². The van der Waals surface area contributed by atoms with Crippen molar-refractivity contribution in [3.8, 4) is 23.0 Å². The maximum Gasteiger partial charge on any atom is 0.226 e. The first-order valence-electron chi connectivity index (χ1n) is 9.67. The summed E-state index contributed by atoms with van der Waals surface area (Å²) < 4.78 is 41.5. The summed E-state index contributed by atoms with van der Waals surface area (Å²) in [5.41, 5.74) is 2.66. The lowest BCUT2D eigenvalue weighted by Gasteiger charge is -2.10. The molecule has 0 radical (unpaired) electrons. The van der Waals surface area contributed by atoms with Gasteiger partial charge in [-0.2, -0.15) is 0 Å². The minimum Gasteiger partial charge on any atom is -0.497 e. The Morgan fingerprint density at radius 1 is 1.06 bits per heavy atom. The molecule has 0 aliphatic rings. The Morgan fingerprint density at radius 2 is 1.81 bits per heavy atom. The van der Waals surface area contributed by atoms with Gasteiger partial charge in [0.05, 0.1) is 25.7 Å². The number of hydrogen-bond donors (Lipinski definition) is 0. The molecule has 164 valence electrons. The Labute approximate surface area is 181 Å². The maximum absolute atomic E-state index is 12.7. The number of nitrogens with zero attached hydrogens (tertiary/aromatic N) is 1. The average molecular weight is 444 g/mol. The lowest BCUT2D eigenvalue weighted by molar-refractivity contribution is -0.116. The van der Waals surface area contributed by atoms with Gasteiger partial charge >= 0.3 is 0 Å². The Bertz CT molecular complexity index is 1200. The number of oxazole rings is 1. The molecule has 0 unspecified atom stereocenters. The van der Waals surface area contributed by atoms with Crippen LogP contribution in [-0.4, -0.2) is 39.2 Å². The molecule has 0 atom stereocenters. The molecular weight excluding hydrogens is 418 g/mol. The number of ketones is 1. The van der Waals surface area contributed by atoms with E-state index < -0.39 is 21.4 Å². The summed E-state index contributed by atoms with van der Waals surface area (Å²) in [7, 11) is -0.726. The van der Waals surface area contributed by atoms with Crippen molar-refractivity contribution >= 4 is 15.6 Å². The third-order valence-electron chi connectivity index (χ3n) is 4.88. The van der Waals surface area contributed by atoms with Crippen LogP contribution in [0, 0.1) is 13.8 Å². The number of methoxy groups -OCH3 is 2. The van der Waals surface area contributed by atoms with Gasteiger partial charge in [-0.15, -0.1) is 0 Å². The highest BCUT2D eigenvalue weighted by molar-refractivity contribution is 7.91. The predicted molar refractivity (Wildman–Crippen MR) is 117 cm³/mol. The Hall–Kier alpha value is -3.13. The fourth-order valence-corrected chi connectivity index (χ4v) is 4.66. The van der Waals surface area contributed by atoms with E-state index >= 15 is 0 Å².